The summed E-state index contributed by atoms with van der Waals surface area (Å²) in [5, 5.41) is 11.7. The molecule has 5 heteroatoms. The Morgan fingerprint density at radius 1 is 1.30 bits per heavy atom. The van der Waals surface area contributed by atoms with Gasteiger partial charge in [0.15, 0.2) is 0 Å². The lowest BCUT2D eigenvalue weighted by Crippen LogP contribution is -2.46. The number of urea groups is 1. The van der Waals surface area contributed by atoms with Crippen LogP contribution in [0.25, 0.3) is 0 Å². The third-order valence-electron chi connectivity index (χ3n) is 3.17. The van der Waals surface area contributed by atoms with Crippen LogP contribution in [0.2, 0.25) is 0 Å². The van der Waals surface area contributed by atoms with E-state index in [1.165, 1.54) is 4.90 Å². The molecule has 2 amide bonds. The molecule has 0 spiro atoms. The summed E-state index contributed by atoms with van der Waals surface area (Å²) in [7, 11) is 1.62. The number of carbonyl (C=O) groups is 2. The van der Waals surface area contributed by atoms with Crippen LogP contribution in [-0.2, 0) is 4.79 Å². The Morgan fingerprint density at radius 3 is 2.40 bits per heavy atom. The zero-order valence-corrected chi connectivity index (χ0v) is 12.2. The molecule has 20 heavy (non-hydrogen) atoms. The minimum atomic E-state index is -0.996. The highest BCUT2D eigenvalue weighted by atomic mass is 16.4. The lowest BCUT2D eigenvalue weighted by atomic mass is 10.1. The summed E-state index contributed by atoms with van der Waals surface area (Å²) >= 11 is 0. The Morgan fingerprint density at radius 2 is 1.90 bits per heavy atom. The molecule has 1 atom stereocenters. The van der Waals surface area contributed by atoms with Crippen LogP contribution in [0.3, 0.4) is 0 Å². The van der Waals surface area contributed by atoms with E-state index in [-0.39, 0.29) is 0 Å². The standard InChI is InChI=1S/C15H22N2O3/c1-4-5-6-13(14(18)19)16-15(20)17(3)12-9-7-11(2)8-10-12/h7-10,13H,4-6H2,1-3H3,(H,16,20)(H,18,19). The molecule has 0 aliphatic heterocycles. The number of amides is 2. The number of carboxylic acid groups (broad SMARTS) is 1. The molecule has 1 aromatic carbocycles. The molecular formula is C15H22N2O3. The molecule has 0 saturated carbocycles. The molecule has 0 fully saturated rings. The van der Waals surface area contributed by atoms with Crippen LogP contribution in [0.1, 0.15) is 31.7 Å². The van der Waals surface area contributed by atoms with Crippen LogP contribution in [0.15, 0.2) is 24.3 Å². The summed E-state index contributed by atoms with van der Waals surface area (Å²) in [6.45, 7) is 3.95. The number of carbonyl (C=O) groups excluding carboxylic acids is 1. The summed E-state index contributed by atoms with van der Waals surface area (Å²) in [5.41, 5.74) is 1.83. The van der Waals surface area contributed by atoms with Gasteiger partial charge in [-0.2, -0.15) is 0 Å². The van der Waals surface area contributed by atoms with Crippen LogP contribution >= 0.6 is 0 Å². The SMILES string of the molecule is CCCCC(NC(=O)N(C)c1ccc(C)cc1)C(=O)O. The zero-order chi connectivity index (χ0) is 15.1. The third-order valence-corrected chi connectivity index (χ3v) is 3.17. The summed E-state index contributed by atoms with van der Waals surface area (Å²) in [5.74, 6) is -0.996. The number of unbranched alkanes of at least 4 members (excludes halogenated alkanes) is 1. The molecule has 1 unspecified atom stereocenters. The number of rotatable bonds is 6. The van der Waals surface area contributed by atoms with E-state index >= 15 is 0 Å². The molecule has 0 bridgehead atoms. The van der Waals surface area contributed by atoms with Gasteiger partial charge in [0, 0.05) is 12.7 Å². The van der Waals surface area contributed by atoms with E-state index in [0.29, 0.717) is 6.42 Å². The Balaban J connectivity index is 2.68. The van der Waals surface area contributed by atoms with Crippen molar-refractivity contribution in [3.05, 3.63) is 29.8 Å². The minimum absolute atomic E-state index is 0.405. The summed E-state index contributed by atoms with van der Waals surface area (Å²) in [4.78, 5) is 24.6. The molecular weight excluding hydrogens is 256 g/mol. The molecule has 0 saturated heterocycles. The molecule has 0 aliphatic carbocycles. The molecule has 110 valence electrons. The second-order valence-electron chi connectivity index (χ2n) is 4.88. The van der Waals surface area contributed by atoms with Gasteiger partial charge in [-0.1, -0.05) is 37.5 Å². The number of hydrogen-bond acceptors (Lipinski definition) is 2. The van der Waals surface area contributed by atoms with Crippen molar-refractivity contribution < 1.29 is 14.7 Å². The van der Waals surface area contributed by atoms with E-state index in [4.69, 9.17) is 5.11 Å². The maximum absolute atomic E-state index is 12.1. The highest BCUT2D eigenvalue weighted by Gasteiger charge is 2.21. The fourth-order valence-electron chi connectivity index (χ4n) is 1.80. The van der Waals surface area contributed by atoms with Gasteiger partial charge in [-0.3, -0.25) is 4.90 Å². The van der Waals surface area contributed by atoms with Crippen molar-refractivity contribution in [1.82, 2.24) is 5.32 Å². The number of nitrogens with zero attached hydrogens (tertiary/aromatic N) is 1. The number of anilines is 1. The number of aryl methyl sites for hydroxylation is 1. The molecule has 0 aromatic heterocycles. The molecule has 0 radical (unpaired) electrons. The van der Waals surface area contributed by atoms with Gasteiger partial charge in [-0.05, 0) is 25.5 Å². The van der Waals surface area contributed by atoms with Gasteiger partial charge >= 0.3 is 12.0 Å². The largest absolute Gasteiger partial charge is 0.480 e. The number of nitrogens with one attached hydrogen (secondary N) is 1. The first kappa shape index (κ1) is 16.0. The van der Waals surface area contributed by atoms with Crippen molar-refractivity contribution in [2.75, 3.05) is 11.9 Å². The predicted molar refractivity (Wildman–Crippen MR) is 79.1 cm³/mol. The van der Waals surface area contributed by atoms with Crippen molar-refractivity contribution in [2.45, 2.75) is 39.2 Å². The van der Waals surface area contributed by atoms with Gasteiger partial charge in [-0.15, -0.1) is 0 Å². The fraction of sp³-hybridized carbons (Fsp3) is 0.467. The van der Waals surface area contributed by atoms with E-state index in [9.17, 15) is 9.59 Å². The van der Waals surface area contributed by atoms with Gasteiger partial charge in [0.1, 0.15) is 6.04 Å². The number of carboxylic acids is 1. The van der Waals surface area contributed by atoms with Crippen LogP contribution in [0.5, 0.6) is 0 Å². The van der Waals surface area contributed by atoms with Crippen molar-refractivity contribution in [2.24, 2.45) is 0 Å². The first-order valence-electron chi connectivity index (χ1n) is 6.79. The summed E-state index contributed by atoms with van der Waals surface area (Å²) < 4.78 is 0. The zero-order valence-electron chi connectivity index (χ0n) is 12.2. The molecule has 5 nitrogen and oxygen atoms in total. The number of aliphatic carboxylic acids is 1. The Labute approximate surface area is 119 Å². The molecule has 0 heterocycles. The van der Waals surface area contributed by atoms with Crippen LogP contribution in [0.4, 0.5) is 10.5 Å². The minimum Gasteiger partial charge on any atom is -0.480 e. The second-order valence-corrected chi connectivity index (χ2v) is 4.88. The Bertz CT molecular complexity index is 457. The second kappa shape index (κ2) is 7.53. The smallest absolute Gasteiger partial charge is 0.326 e. The quantitative estimate of drug-likeness (QED) is 0.840. The van der Waals surface area contributed by atoms with Gasteiger partial charge in [-0.25, -0.2) is 9.59 Å². The van der Waals surface area contributed by atoms with E-state index in [1.54, 1.807) is 7.05 Å². The lowest BCUT2D eigenvalue weighted by Gasteiger charge is -2.21. The molecule has 1 rings (SSSR count). The number of hydrogen-bond donors (Lipinski definition) is 2. The highest BCUT2D eigenvalue weighted by molar-refractivity contribution is 5.93. The van der Waals surface area contributed by atoms with Gasteiger partial charge in [0.2, 0.25) is 0 Å². The predicted octanol–water partition coefficient (Wildman–Crippen LogP) is 2.78. The maximum Gasteiger partial charge on any atom is 0.326 e. The fourth-order valence-corrected chi connectivity index (χ4v) is 1.80. The van der Waals surface area contributed by atoms with E-state index in [1.807, 2.05) is 38.1 Å². The normalized spacial score (nSPS) is 11.8. The highest BCUT2D eigenvalue weighted by Crippen LogP contribution is 2.13. The van der Waals surface area contributed by atoms with Crippen molar-refractivity contribution in [3.63, 3.8) is 0 Å². The van der Waals surface area contributed by atoms with Crippen LogP contribution in [-0.4, -0.2) is 30.2 Å². The van der Waals surface area contributed by atoms with Gasteiger partial charge in [0.05, 0.1) is 0 Å². The van der Waals surface area contributed by atoms with E-state index in [0.717, 1.165) is 24.1 Å². The lowest BCUT2D eigenvalue weighted by molar-refractivity contribution is -0.139. The van der Waals surface area contributed by atoms with Crippen LogP contribution in [0, 0.1) is 6.92 Å². The molecule has 2 N–H and O–H groups in total. The molecule has 1 aromatic rings. The average Bonchev–Trinajstić information content (AvgIpc) is 2.42. The van der Waals surface area contributed by atoms with Crippen LogP contribution < -0.4 is 10.2 Å². The first-order valence-corrected chi connectivity index (χ1v) is 6.79. The van der Waals surface area contributed by atoms with Crippen molar-refractivity contribution in [3.8, 4) is 0 Å². The Kier molecular flexibility index (Phi) is 6.03. The van der Waals surface area contributed by atoms with Crippen molar-refractivity contribution in [1.29, 1.82) is 0 Å². The average molecular weight is 278 g/mol. The van der Waals surface area contributed by atoms with Crippen molar-refractivity contribution >= 4 is 17.7 Å². The third kappa shape index (κ3) is 4.57. The van der Waals surface area contributed by atoms with E-state index in [2.05, 4.69) is 5.32 Å². The summed E-state index contributed by atoms with van der Waals surface area (Å²) in [6.07, 6.45) is 2.11. The monoisotopic (exact) mass is 278 g/mol. The topological polar surface area (TPSA) is 69.6 Å². The summed E-state index contributed by atoms with van der Waals surface area (Å²) in [6, 6.07) is 6.23. The van der Waals surface area contributed by atoms with Gasteiger partial charge in [0.25, 0.3) is 0 Å². The van der Waals surface area contributed by atoms with Gasteiger partial charge < -0.3 is 10.4 Å². The Hall–Kier alpha value is -2.04. The maximum atomic E-state index is 12.1. The number of benzene rings is 1. The van der Waals surface area contributed by atoms with E-state index < -0.39 is 18.0 Å². The molecule has 0 aliphatic rings. The first-order chi connectivity index (χ1) is 9.45.